The Hall–Kier alpha value is -3.14. The highest BCUT2D eigenvalue weighted by Gasteiger charge is 2.15. The first-order valence-corrected chi connectivity index (χ1v) is 10.4. The fraction of sp³-hybridized carbons (Fsp3) is 0.308. The van der Waals surface area contributed by atoms with Crippen molar-refractivity contribution in [3.05, 3.63) is 84.5 Å². The van der Waals surface area contributed by atoms with Crippen molar-refractivity contribution in [3.63, 3.8) is 0 Å². The number of amides is 2. The summed E-state index contributed by atoms with van der Waals surface area (Å²) in [6.07, 6.45) is 6.51. The SMILES string of the molecule is C=CC(=O)N(C)c1ccccc1C(C)C/C=C/C(=O)Nc1cccc(C(C)CC)c1. The van der Waals surface area contributed by atoms with E-state index in [1.54, 1.807) is 18.0 Å². The van der Waals surface area contributed by atoms with Gasteiger partial charge in [-0.1, -0.05) is 63.8 Å². The summed E-state index contributed by atoms with van der Waals surface area (Å²) < 4.78 is 0. The number of carbonyl (C=O) groups is 2. The van der Waals surface area contributed by atoms with Gasteiger partial charge in [0.05, 0.1) is 0 Å². The third-order valence-electron chi connectivity index (χ3n) is 5.43. The summed E-state index contributed by atoms with van der Waals surface area (Å²) in [5.74, 6) is 0.323. The standard InChI is InChI=1S/C26H32N2O2/c1-6-19(3)21-13-11-14-22(18-21)27-25(29)17-10-12-20(4)23-15-8-9-16-24(23)28(5)26(30)7-2/h7-11,13-20H,2,6,12H2,1,3-5H3,(H,27,29)/b17-10+. The number of rotatable bonds is 9. The molecule has 2 rings (SSSR count). The van der Waals surface area contributed by atoms with Gasteiger partial charge in [-0.2, -0.15) is 0 Å². The molecule has 4 heteroatoms. The average Bonchev–Trinajstić information content (AvgIpc) is 2.77. The van der Waals surface area contributed by atoms with Gasteiger partial charge in [0.1, 0.15) is 0 Å². The smallest absolute Gasteiger partial charge is 0.250 e. The molecule has 0 spiro atoms. The maximum atomic E-state index is 12.3. The number of anilines is 2. The van der Waals surface area contributed by atoms with Crippen molar-refractivity contribution in [3.8, 4) is 0 Å². The molecule has 0 saturated heterocycles. The van der Waals surface area contributed by atoms with E-state index in [4.69, 9.17) is 0 Å². The van der Waals surface area contributed by atoms with Crippen molar-refractivity contribution in [2.75, 3.05) is 17.3 Å². The number of nitrogens with zero attached hydrogens (tertiary/aromatic N) is 1. The van der Waals surface area contributed by atoms with Crippen molar-refractivity contribution in [2.45, 2.75) is 45.4 Å². The highest BCUT2D eigenvalue weighted by Crippen LogP contribution is 2.29. The molecule has 0 aromatic heterocycles. The Labute approximate surface area is 180 Å². The van der Waals surface area contributed by atoms with Crippen LogP contribution in [-0.4, -0.2) is 18.9 Å². The number of para-hydroxylation sites is 1. The molecule has 0 heterocycles. The zero-order chi connectivity index (χ0) is 22.1. The van der Waals surface area contributed by atoms with E-state index in [0.29, 0.717) is 12.3 Å². The first-order chi connectivity index (χ1) is 14.4. The number of benzene rings is 2. The lowest BCUT2D eigenvalue weighted by Crippen LogP contribution is -2.25. The van der Waals surface area contributed by atoms with E-state index in [1.807, 2.05) is 48.5 Å². The third kappa shape index (κ3) is 6.18. The Morgan fingerprint density at radius 3 is 2.53 bits per heavy atom. The number of hydrogen-bond acceptors (Lipinski definition) is 2. The molecule has 2 atom stereocenters. The quantitative estimate of drug-likeness (QED) is 0.518. The molecule has 0 aliphatic heterocycles. The highest BCUT2D eigenvalue weighted by atomic mass is 16.2. The van der Waals surface area contributed by atoms with Crippen LogP contribution in [0.3, 0.4) is 0 Å². The van der Waals surface area contributed by atoms with Gasteiger partial charge < -0.3 is 10.2 Å². The second kappa shape index (κ2) is 11.1. The molecule has 0 radical (unpaired) electrons. The van der Waals surface area contributed by atoms with Gasteiger partial charge in [-0.05, 0) is 66.2 Å². The summed E-state index contributed by atoms with van der Waals surface area (Å²) in [5.41, 5.74) is 3.95. The zero-order valence-electron chi connectivity index (χ0n) is 18.4. The van der Waals surface area contributed by atoms with Crippen molar-refractivity contribution in [1.29, 1.82) is 0 Å². The van der Waals surface area contributed by atoms with Gasteiger partial charge in [-0.25, -0.2) is 0 Å². The lowest BCUT2D eigenvalue weighted by molar-refractivity contribution is -0.114. The second-order valence-electron chi connectivity index (χ2n) is 7.62. The number of allylic oxidation sites excluding steroid dienone is 1. The van der Waals surface area contributed by atoms with E-state index in [-0.39, 0.29) is 17.7 Å². The summed E-state index contributed by atoms with van der Waals surface area (Å²) >= 11 is 0. The highest BCUT2D eigenvalue weighted by molar-refractivity contribution is 6.01. The summed E-state index contributed by atoms with van der Waals surface area (Å²) in [5, 5.41) is 2.94. The number of likely N-dealkylation sites (N-methyl/N-ethyl adjacent to an activating group) is 1. The topological polar surface area (TPSA) is 49.4 Å². The monoisotopic (exact) mass is 404 g/mol. The van der Waals surface area contributed by atoms with E-state index < -0.39 is 0 Å². The van der Waals surface area contributed by atoms with Crippen LogP contribution in [0.4, 0.5) is 11.4 Å². The van der Waals surface area contributed by atoms with Gasteiger partial charge in [0.25, 0.3) is 0 Å². The Kier molecular flexibility index (Phi) is 8.60. The molecule has 2 amide bonds. The van der Waals surface area contributed by atoms with E-state index >= 15 is 0 Å². The fourth-order valence-corrected chi connectivity index (χ4v) is 3.31. The lowest BCUT2D eigenvalue weighted by Gasteiger charge is -2.22. The first-order valence-electron chi connectivity index (χ1n) is 10.4. The third-order valence-corrected chi connectivity index (χ3v) is 5.43. The van der Waals surface area contributed by atoms with Crippen LogP contribution in [0.1, 0.15) is 56.6 Å². The molecule has 30 heavy (non-hydrogen) atoms. The van der Waals surface area contributed by atoms with Crippen LogP contribution < -0.4 is 10.2 Å². The molecule has 2 aromatic carbocycles. The largest absolute Gasteiger partial charge is 0.323 e. The minimum Gasteiger partial charge on any atom is -0.323 e. The van der Waals surface area contributed by atoms with Gasteiger partial charge >= 0.3 is 0 Å². The lowest BCUT2D eigenvalue weighted by atomic mass is 9.95. The Balaban J connectivity index is 2.01. The maximum Gasteiger partial charge on any atom is 0.250 e. The van der Waals surface area contributed by atoms with Gasteiger partial charge in [0, 0.05) is 18.4 Å². The summed E-state index contributed by atoms with van der Waals surface area (Å²) in [6, 6.07) is 15.8. The fourth-order valence-electron chi connectivity index (χ4n) is 3.31. The van der Waals surface area contributed by atoms with E-state index in [0.717, 1.165) is 23.4 Å². The van der Waals surface area contributed by atoms with Crippen LogP contribution in [-0.2, 0) is 9.59 Å². The molecule has 0 aliphatic rings. The van der Waals surface area contributed by atoms with Gasteiger partial charge in [0.2, 0.25) is 11.8 Å². The van der Waals surface area contributed by atoms with Crippen molar-refractivity contribution in [1.82, 2.24) is 0 Å². The number of hydrogen-bond donors (Lipinski definition) is 1. The first kappa shape index (κ1) is 23.1. The average molecular weight is 405 g/mol. The number of carbonyl (C=O) groups excluding carboxylic acids is 2. The predicted molar refractivity (Wildman–Crippen MR) is 126 cm³/mol. The summed E-state index contributed by atoms with van der Waals surface area (Å²) in [7, 11) is 1.74. The molecule has 2 unspecified atom stereocenters. The Morgan fingerprint density at radius 2 is 1.83 bits per heavy atom. The molecule has 2 aromatic rings. The predicted octanol–water partition coefficient (Wildman–Crippen LogP) is 6.04. The van der Waals surface area contributed by atoms with Gasteiger partial charge in [-0.15, -0.1) is 0 Å². The summed E-state index contributed by atoms with van der Waals surface area (Å²) in [6.45, 7) is 9.98. The normalized spacial score (nSPS) is 12.9. The van der Waals surface area contributed by atoms with Crippen molar-refractivity contribution >= 4 is 23.2 Å². The van der Waals surface area contributed by atoms with Gasteiger partial charge in [-0.3, -0.25) is 9.59 Å². The van der Waals surface area contributed by atoms with Gasteiger partial charge in [0.15, 0.2) is 0 Å². The van der Waals surface area contributed by atoms with Crippen LogP contribution in [0.5, 0.6) is 0 Å². The van der Waals surface area contributed by atoms with Crippen molar-refractivity contribution < 1.29 is 9.59 Å². The van der Waals surface area contributed by atoms with Crippen LogP contribution in [0.15, 0.2) is 73.3 Å². The number of nitrogens with one attached hydrogen (secondary N) is 1. The minimum atomic E-state index is -0.149. The molecular formula is C26H32N2O2. The molecule has 0 saturated carbocycles. The van der Waals surface area contributed by atoms with Crippen LogP contribution in [0, 0.1) is 0 Å². The molecule has 158 valence electrons. The van der Waals surface area contributed by atoms with E-state index in [9.17, 15) is 9.59 Å². The molecule has 0 aliphatic carbocycles. The molecule has 0 bridgehead atoms. The van der Waals surface area contributed by atoms with E-state index in [2.05, 4.69) is 38.7 Å². The summed E-state index contributed by atoms with van der Waals surface area (Å²) in [4.78, 5) is 25.9. The molecule has 0 fully saturated rings. The molecular weight excluding hydrogens is 372 g/mol. The van der Waals surface area contributed by atoms with Crippen LogP contribution in [0.25, 0.3) is 0 Å². The minimum absolute atomic E-state index is 0.143. The van der Waals surface area contributed by atoms with Crippen molar-refractivity contribution in [2.24, 2.45) is 0 Å². The molecule has 4 nitrogen and oxygen atoms in total. The maximum absolute atomic E-state index is 12.3. The Bertz CT molecular complexity index is 917. The van der Waals surface area contributed by atoms with E-state index in [1.165, 1.54) is 11.6 Å². The second-order valence-corrected chi connectivity index (χ2v) is 7.62. The van der Waals surface area contributed by atoms with Crippen LogP contribution >= 0.6 is 0 Å². The zero-order valence-corrected chi connectivity index (χ0v) is 18.4. The van der Waals surface area contributed by atoms with Crippen LogP contribution in [0.2, 0.25) is 0 Å². The molecule has 1 N–H and O–H groups in total. The Morgan fingerprint density at radius 1 is 1.10 bits per heavy atom.